The van der Waals surface area contributed by atoms with Crippen molar-refractivity contribution in [2.24, 2.45) is 4.99 Å². The fraction of sp³-hybridized carbons (Fsp3) is 0.182. The van der Waals surface area contributed by atoms with E-state index >= 15 is 0 Å². The van der Waals surface area contributed by atoms with E-state index < -0.39 is 17.5 Å². The number of nitrogens with zero attached hydrogens (tertiary/aromatic N) is 2. The number of rotatable bonds is 3. The van der Waals surface area contributed by atoms with E-state index in [1.54, 1.807) is 28.8 Å². The van der Waals surface area contributed by atoms with Crippen LogP contribution in [0.25, 0.3) is 21.2 Å². The van der Waals surface area contributed by atoms with Gasteiger partial charge in [0, 0.05) is 5.39 Å². The Bertz CT molecular complexity index is 1440. The largest absolute Gasteiger partial charge is 0.468 e. The number of esters is 1. The third-order valence-electron chi connectivity index (χ3n) is 4.70. The Morgan fingerprint density at radius 1 is 1.17 bits per heavy atom. The summed E-state index contributed by atoms with van der Waals surface area (Å²) in [5, 5.41) is 0.626. The van der Waals surface area contributed by atoms with E-state index in [1.165, 1.54) is 24.5 Å². The molecule has 8 heteroatoms. The molecule has 0 aliphatic carbocycles. The standard InChI is InChI=1S/C22H18N2O5S/c1-12-8-13(2)19-16(9-12)24(11-18(25)28-3)22(30-19)23-20(26)15-10-14-6-4-5-7-17(14)29-21(15)27/h4-10H,11H2,1-3H3. The number of hydrogen-bond acceptors (Lipinski definition) is 6. The third-order valence-corrected chi connectivity index (χ3v) is 5.93. The van der Waals surface area contributed by atoms with Crippen LogP contribution in [-0.2, 0) is 16.1 Å². The highest BCUT2D eigenvalue weighted by molar-refractivity contribution is 7.16. The molecule has 2 heterocycles. The van der Waals surface area contributed by atoms with Crippen molar-refractivity contribution >= 4 is 44.4 Å². The zero-order valence-corrected chi connectivity index (χ0v) is 17.4. The number of methoxy groups -OCH3 is 1. The van der Waals surface area contributed by atoms with Gasteiger partial charge in [-0.1, -0.05) is 35.6 Å². The van der Waals surface area contributed by atoms with Crippen LogP contribution in [0, 0.1) is 13.8 Å². The van der Waals surface area contributed by atoms with Gasteiger partial charge in [-0.3, -0.25) is 9.59 Å². The number of carbonyl (C=O) groups is 2. The van der Waals surface area contributed by atoms with Gasteiger partial charge in [-0.2, -0.15) is 4.99 Å². The highest BCUT2D eigenvalue weighted by atomic mass is 32.1. The molecular weight excluding hydrogens is 404 g/mol. The number of para-hydroxylation sites is 1. The Hall–Kier alpha value is -3.52. The van der Waals surface area contributed by atoms with Crippen LogP contribution in [0.4, 0.5) is 0 Å². The summed E-state index contributed by atoms with van der Waals surface area (Å²) in [7, 11) is 1.30. The molecule has 0 saturated heterocycles. The van der Waals surface area contributed by atoms with E-state index in [2.05, 4.69) is 4.99 Å². The molecule has 0 spiro atoms. The van der Waals surface area contributed by atoms with E-state index in [0.29, 0.717) is 15.8 Å². The van der Waals surface area contributed by atoms with Crippen LogP contribution in [0.1, 0.15) is 21.5 Å². The minimum Gasteiger partial charge on any atom is -0.468 e. The molecule has 1 amide bonds. The summed E-state index contributed by atoms with van der Waals surface area (Å²) < 4.78 is 12.6. The maximum absolute atomic E-state index is 12.9. The van der Waals surface area contributed by atoms with Crippen molar-refractivity contribution in [3.63, 3.8) is 0 Å². The molecule has 0 saturated carbocycles. The summed E-state index contributed by atoms with van der Waals surface area (Å²) in [4.78, 5) is 41.6. The number of carbonyl (C=O) groups excluding carboxylic acids is 2. The molecule has 0 radical (unpaired) electrons. The molecule has 0 atom stereocenters. The summed E-state index contributed by atoms with van der Waals surface area (Å²) in [6, 6.07) is 12.4. The summed E-state index contributed by atoms with van der Waals surface area (Å²) in [6.45, 7) is 3.81. The number of aryl methyl sites for hydroxylation is 2. The van der Waals surface area contributed by atoms with E-state index in [0.717, 1.165) is 21.3 Å². The second-order valence-electron chi connectivity index (χ2n) is 6.88. The molecule has 0 N–H and O–H groups in total. The Morgan fingerprint density at radius 2 is 1.93 bits per heavy atom. The molecule has 2 aromatic heterocycles. The summed E-state index contributed by atoms with van der Waals surface area (Å²) in [5.74, 6) is -1.19. The van der Waals surface area contributed by atoms with Gasteiger partial charge >= 0.3 is 11.6 Å². The molecule has 2 aromatic carbocycles. The number of ether oxygens (including phenoxy) is 1. The number of fused-ring (bicyclic) bond motifs is 2. The molecule has 0 aliphatic rings. The van der Waals surface area contributed by atoms with Gasteiger partial charge in [0.1, 0.15) is 17.7 Å². The van der Waals surface area contributed by atoms with Crippen LogP contribution in [0.5, 0.6) is 0 Å². The van der Waals surface area contributed by atoms with Gasteiger partial charge in [-0.05, 0) is 43.2 Å². The van der Waals surface area contributed by atoms with Crippen LogP contribution in [0.3, 0.4) is 0 Å². The fourth-order valence-electron chi connectivity index (χ4n) is 3.30. The number of hydrogen-bond donors (Lipinski definition) is 0. The number of aromatic nitrogens is 1. The van der Waals surface area contributed by atoms with E-state index in [1.807, 2.05) is 26.0 Å². The number of amides is 1. The monoisotopic (exact) mass is 422 g/mol. The lowest BCUT2D eigenvalue weighted by Gasteiger charge is -2.05. The zero-order valence-electron chi connectivity index (χ0n) is 16.6. The number of thiazole rings is 1. The van der Waals surface area contributed by atoms with E-state index in [-0.39, 0.29) is 12.1 Å². The third kappa shape index (κ3) is 3.57. The Labute approximate surface area is 174 Å². The van der Waals surface area contributed by atoms with Gasteiger partial charge in [0.25, 0.3) is 5.91 Å². The van der Waals surface area contributed by atoms with E-state index in [4.69, 9.17) is 9.15 Å². The molecule has 7 nitrogen and oxygen atoms in total. The minimum atomic E-state index is -0.755. The molecule has 4 rings (SSSR count). The van der Waals surface area contributed by atoms with Crippen molar-refractivity contribution in [2.75, 3.05) is 7.11 Å². The highest BCUT2D eigenvalue weighted by Gasteiger charge is 2.17. The lowest BCUT2D eigenvalue weighted by atomic mass is 10.1. The van der Waals surface area contributed by atoms with Crippen molar-refractivity contribution in [2.45, 2.75) is 20.4 Å². The molecular formula is C22H18N2O5S. The van der Waals surface area contributed by atoms with Crippen LogP contribution < -0.4 is 10.4 Å². The predicted octanol–water partition coefficient (Wildman–Crippen LogP) is 3.34. The molecule has 4 aromatic rings. The second-order valence-corrected chi connectivity index (χ2v) is 7.86. The van der Waals surface area contributed by atoms with Crippen LogP contribution in [0.15, 0.2) is 56.7 Å². The summed E-state index contributed by atoms with van der Waals surface area (Å²) in [6.07, 6.45) is 0. The number of benzene rings is 2. The summed E-state index contributed by atoms with van der Waals surface area (Å²) >= 11 is 1.28. The van der Waals surface area contributed by atoms with Gasteiger partial charge in [0.05, 0.1) is 17.3 Å². The first-order valence-electron chi connectivity index (χ1n) is 9.16. The molecule has 0 fully saturated rings. The van der Waals surface area contributed by atoms with E-state index in [9.17, 15) is 14.4 Å². The Morgan fingerprint density at radius 3 is 2.70 bits per heavy atom. The Balaban J connectivity index is 1.92. The molecule has 0 aliphatic heterocycles. The topological polar surface area (TPSA) is 90.9 Å². The average molecular weight is 422 g/mol. The van der Waals surface area contributed by atoms with Gasteiger partial charge in [0.2, 0.25) is 0 Å². The first-order chi connectivity index (χ1) is 14.4. The van der Waals surface area contributed by atoms with Crippen molar-refractivity contribution in [1.29, 1.82) is 0 Å². The summed E-state index contributed by atoms with van der Waals surface area (Å²) in [5.41, 5.74) is 2.28. The minimum absolute atomic E-state index is 0.0994. The first kappa shape index (κ1) is 19.8. The average Bonchev–Trinajstić information content (AvgIpc) is 3.04. The molecule has 30 heavy (non-hydrogen) atoms. The molecule has 0 unspecified atom stereocenters. The SMILES string of the molecule is COC(=O)Cn1c(=NC(=O)c2cc3ccccc3oc2=O)sc2c(C)cc(C)cc21. The van der Waals surface area contributed by atoms with Crippen LogP contribution in [0.2, 0.25) is 0 Å². The fourth-order valence-corrected chi connectivity index (χ4v) is 4.38. The highest BCUT2D eigenvalue weighted by Crippen LogP contribution is 2.23. The van der Waals surface area contributed by atoms with Gasteiger partial charge in [-0.15, -0.1) is 0 Å². The van der Waals surface area contributed by atoms with Crippen LogP contribution in [-0.4, -0.2) is 23.6 Å². The maximum Gasteiger partial charge on any atom is 0.349 e. The van der Waals surface area contributed by atoms with Crippen molar-refractivity contribution < 1.29 is 18.7 Å². The van der Waals surface area contributed by atoms with Gasteiger partial charge in [-0.25, -0.2) is 4.79 Å². The zero-order chi connectivity index (χ0) is 21.4. The quantitative estimate of drug-likeness (QED) is 0.373. The van der Waals surface area contributed by atoms with Crippen LogP contribution >= 0.6 is 11.3 Å². The first-order valence-corrected chi connectivity index (χ1v) is 9.98. The lowest BCUT2D eigenvalue weighted by molar-refractivity contribution is -0.141. The maximum atomic E-state index is 12.9. The van der Waals surface area contributed by atoms with Gasteiger partial charge < -0.3 is 13.7 Å². The lowest BCUT2D eigenvalue weighted by Crippen LogP contribution is -2.23. The molecule has 152 valence electrons. The van der Waals surface area contributed by atoms with Gasteiger partial charge in [0.15, 0.2) is 4.80 Å². The van der Waals surface area contributed by atoms with Crippen molar-refractivity contribution in [3.8, 4) is 0 Å². The smallest absolute Gasteiger partial charge is 0.349 e. The van der Waals surface area contributed by atoms with Crippen molar-refractivity contribution in [1.82, 2.24) is 4.57 Å². The molecule has 0 bridgehead atoms. The second kappa shape index (κ2) is 7.72. The predicted molar refractivity (Wildman–Crippen MR) is 114 cm³/mol. The normalized spacial score (nSPS) is 11.9. The van der Waals surface area contributed by atoms with Crippen molar-refractivity contribution in [3.05, 3.63) is 74.4 Å². The Kier molecular flexibility index (Phi) is 5.09.